The Morgan fingerprint density at radius 3 is 2.53 bits per heavy atom. The fourth-order valence-corrected chi connectivity index (χ4v) is 4.10. The molecule has 6 heteroatoms. The van der Waals surface area contributed by atoms with Crippen LogP contribution in [0.2, 0.25) is 0 Å². The number of nitrogens with two attached hydrogens (primary N) is 1. The normalized spacial score (nSPS) is 15.2. The summed E-state index contributed by atoms with van der Waals surface area (Å²) in [6.45, 7) is 4.11. The van der Waals surface area contributed by atoms with Gasteiger partial charge in [0.1, 0.15) is 17.5 Å². The van der Waals surface area contributed by atoms with E-state index in [9.17, 15) is 0 Å². The van der Waals surface area contributed by atoms with Crippen LogP contribution in [0.1, 0.15) is 35.2 Å². The van der Waals surface area contributed by atoms with Gasteiger partial charge in [0.05, 0.1) is 11.7 Å². The van der Waals surface area contributed by atoms with Crippen LogP contribution in [-0.2, 0) is 6.42 Å². The molecule has 1 aliphatic heterocycles. The van der Waals surface area contributed by atoms with E-state index < -0.39 is 0 Å². The standard InChI is InChI=1S/C24H24N6/c1-15-3-7-19(8-4-15)27-21-9-12-24-29-28-16(2)30(24)22-10-5-17(13-20(21)22)18-6-11-23(25)26-14-18/h3-8,10-11,13-14,21,27H,9,12H2,1-2H3,(H2,25,26). The topological polar surface area (TPSA) is 81.7 Å². The second-order valence-corrected chi connectivity index (χ2v) is 7.85. The van der Waals surface area contributed by atoms with Crippen molar-refractivity contribution in [2.24, 2.45) is 0 Å². The summed E-state index contributed by atoms with van der Waals surface area (Å²) in [4.78, 5) is 4.26. The summed E-state index contributed by atoms with van der Waals surface area (Å²) in [6.07, 6.45) is 3.62. The van der Waals surface area contributed by atoms with E-state index in [2.05, 4.69) is 74.5 Å². The Kier molecular flexibility index (Phi) is 4.47. The third-order valence-corrected chi connectivity index (χ3v) is 5.70. The van der Waals surface area contributed by atoms with Gasteiger partial charge in [-0.25, -0.2) is 4.98 Å². The molecule has 4 aromatic rings. The number of pyridine rings is 1. The number of nitrogens with zero attached hydrogens (tertiary/aromatic N) is 4. The van der Waals surface area contributed by atoms with Crippen molar-refractivity contribution in [3.63, 3.8) is 0 Å². The van der Waals surface area contributed by atoms with Crippen LogP contribution in [0, 0.1) is 13.8 Å². The van der Waals surface area contributed by atoms with Crippen LogP contribution < -0.4 is 11.1 Å². The Balaban J connectivity index is 1.62. The summed E-state index contributed by atoms with van der Waals surface area (Å²) < 4.78 is 2.18. The molecule has 3 heterocycles. The molecule has 5 rings (SSSR count). The number of fused-ring (bicyclic) bond motifs is 3. The fraction of sp³-hybridized carbons (Fsp3) is 0.208. The number of nitrogen functional groups attached to an aromatic ring is 1. The van der Waals surface area contributed by atoms with Crippen molar-refractivity contribution in [1.82, 2.24) is 19.7 Å². The van der Waals surface area contributed by atoms with Crippen molar-refractivity contribution in [3.05, 3.63) is 83.6 Å². The molecule has 0 bridgehead atoms. The third-order valence-electron chi connectivity index (χ3n) is 5.70. The summed E-state index contributed by atoms with van der Waals surface area (Å²) in [5.41, 5.74) is 12.7. The number of rotatable bonds is 3. The highest BCUT2D eigenvalue weighted by Crippen LogP contribution is 2.36. The van der Waals surface area contributed by atoms with E-state index in [0.717, 1.165) is 47.0 Å². The zero-order valence-electron chi connectivity index (χ0n) is 17.1. The first-order chi connectivity index (χ1) is 14.6. The second-order valence-electron chi connectivity index (χ2n) is 7.85. The molecule has 2 aromatic heterocycles. The minimum Gasteiger partial charge on any atom is -0.384 e. The minimum atomic E-state index is 0.158. The lowest BCUT2D eigenvalue weighted by Crippen LogP contribution is -2.12. The lowest BCUT2D eigenvalue weighted by atomic mass is 9.96. The zero-order valence-corrected chi connectivity index (χ0v) is 17.1. The van der Waals surface area contributed by atoms with Crippen LogP contribution in [0.15, 0.2) is 60.8 Å². The van der Waals surface area contributed by atoms with Gasteiger partial charge in [0, 0.05) is 23.9 Å². The van der Waals surface area contributed by atoms with Gasteiger partial charge in [0.15, 0.2) is 0 Å². The molecule has 6 nitrogen and oxygen atoms in total. The monoisotopic (exact) mass is 396 g/mol. The predicted octanol–water partition coefficient (Wildman–Crippen LogP) is 4.63. The van der Waals surface area contributed by atoms with Gasteiger partial charge in [0.25, 0.3) is 0 Å². The van der Waals surface area contributed by atoms with Crippen LogP contribution in [0.5, 0.6) is 0 Å². The van der Waals surface area contributed by atoms with E-state index in [1.165, 1.54) is 11.1 Å². The quantitative estimate of drug-likeness (QED) is 0.528. The zero-order chi connectivity index (χ0) is 20.7. The largest absolute Gasteiger partial charge is 0.384 e. The Morgan fingerprint density at radius 1 is 0.967 bits per heavy atom. The van der Waals surface area contributed by atoms with Crippen molar-refractivity contribution >= 4 is 11.5 Å². The average molecular weight is 396 g/mol. The summed E-state index contributed by atoms with van der Waals surface area (Å²) in [7, 11) is 0. The van der Waals surface area contributed by atoms with Gasteiger partial charge in [-0.2, -0.15) is 0 Å². The molecule has 30 heavy (non-hydrogen) atoms. The number of aryl methyl sites for hydroxylation is 3. The molecule has 0 spiro atoms. The van der Waals surface area contributed by atoms with Gasteiger partial charge < -0.3 is 11.1 Å². The fourth-order valence-electron chi connectivity index (χ4n) is 4.10. The molecular formula is C24H24N6. The van der Waals surface area contributed by atoms with Gasteiger partial charge in [0.2, 0.25) is 0 Å². The van der Waals surface area contributed by atoms with Gasteiger partial charge in [-0.15, -0.1) is 10.2 Å². The van der Waals surface area contributed by atoms with Crippen molar-refractivity contribution in [1.29, 1.82) is 0 Å². The molecule has 2 aromatic carbocycles. The van der Waals surface area contributed by atoms with Gasteiger partial charge in [-0.1, -0.05) is 23.8 Å². The molecule has 0 aliphatic carbocycles. The SMILES string of the molecule is Cc1ccc(NC2CCc3nnc(C)n3-c3ccc(-c4ccc(N)nc4)cc32)cc1. The minimum absolute atomic E-state index is 0.158. The highest BCUT2D eigenvalue weighted by atomic mass is 15.3. The maximum atomic E-state index is 5.77. The molecule has 3 N–H and O–H groups in total. The van der Waals surface area contributed by atoms with Crippen LogP contribution >= 0.6 is 0 Å². The first-order valence-electron chi connectivity index (χ1n) is 10.2. The van der Waals surface area contributed by atoms with Gasteiger partial charge >= 0.3 is 0 Å². The number of hydrogen-bond acceptors (Lipinski definition) is 5. The first-order valence-corrected chi connectivity index (χ1v) is 10.2. The molecular weight excluding hydrogens is 372 g/mol. The highest BCUT2D eigenvalue weighted by Gasteiger charge is 2.25. The van der Waals surface area contributed by atoms with Crippen LogP contribution in [0.25, 0.3) is 16.8 Å². The Hall–Kier alpha value is -3.67. The number of nitrogens with one attached hydrogen (secondary N) is 1. The second kappa shape index (κ2) is 7.30. The van der Waals surface area contributed by atoms with Crippen molar-refractivity contribution in [3.8, 4) is 16.8 Å². The molecule has 1 aliphatic rings. The van der Waals surface area contributed by atoms with Gasteiger partial charge in [-0.05, 0) is 67.8 Å². The smallest absolute Gasteiger partial charge is 0.137 e. The van der Waals surface area contributed by atoms with E-state index in [0.29, 0.717) is 5.82 Å². The number of anilines is 2. The Bertz CT molecular complexity index is 1190. The Morgan fingerprint density at radius 2 is 1.77 bits per heavy atom. The molecule has 1 unspecified atom stereocenters. The van der Waals surface area contributed by atoms with E-state index in [1.54, 1.807) is 0 Å². The summed E-state index contributed by atoms with van der Waals surface area (Å²) >= 11 is 0. The summed E-state index contributed by atoms with van der Waals surface area (Å²) in [5.74, 6) is 2.44. The lowest BCUT2D eigenvalue weighted by Gasteiger charge is -2.22. The average Bonchev–Trinajstić information content (AvgIpc) is 3.05. The number of hydrogen-bond donors (Lipinski definition) is 2. The number of aromatic nitrogens is 4. The lowest BCUT2D eigenvalue weighted by molar-refractivity contribution is 0.686. The molecule has 1 atom stereocenters. The molecule has 0 amide bonds. The van der Waals surface area contributed by atoms with E-state index in [-0.39, 0.29) is 6.04 Å². The van der Waals surface area contributed by atoms with Gasteiger partial charge in [-0.3, -0.25) is 4.57 Å². The summed E-state index contributed by atoms with van der Waals surface area (Å²) in [6, 6.07) is 19.1. The molecule has 150 valence electrons. The summed E-state index contributed by atoms with van der Waals surface area (Å²) in [5, 5.41) is 12.5. The highest BCUT2D eigenvalue weighted by molar-refractivity contribution is 5.68. The predicted molar refractivity (Wildman–Crippen MR) is 120 cm³/mol. The van der Waals surface area contributed by atoms with Crippen molar-refractivity contribution in [2.75, 3.05) is 11.1 Å². The third kappa shape index (κ3) is 3.30. The van der Waals surface area contributed by atoms with Crippen LogP contribution in [0.3, 0.4) is 0 Å². The van der Waals surface area contributed by atoms with Crippen molar-refractivity contribution < 1.29 is 0 Å². The van der Waals surface area contributed by atoms with E-state index in [4.69, 9.17) is 5.73 Å². The number of benzene rings is 2. The molecule has 0 saturated heterocycles. The van der Waals surface area contributed by atoms with E-state index in [1.807, 2.05) is 25.3 Å². The van der Waals surface area contributed by atoms with E-state index >= 15 is 0 Å². The molecule has 0 fully saturated rings. The van der Waals surface area contributed by atoms with Crippen molar-refractivity contribution in [2.45, 2.75) is 32.7 Å². The maximum Gasteiger partial charge on any atom is 0.137 e. The molecule has 0 radical (unpaired) electrons. The van der Waals surface area contributed by atoms with Crippen LogP contribution in [0.4, 0.5) is 11.5 Å². The van der Waals surface area contributed by atoms with Crippen LogP contribution in [-0.4, -0.2) is 19.7 Å². The Labute approximate surface area is 175 Å². The molecule has 0 saturated carbocycles. The first kappa shape index (κ1) is 18.4. The maximum absolute atomic E-state index is 5.77.